The number of hydrogen-bond acceptors (Lipinski definition) is 3. The minimum Gasteiger partial charge on any atom is -0.484 e. The molecule has 114 valence electrons. The van der Waals surface area contributed by atoms with Crippen molar-refractivity contribution in [1.29, 1.82) is 0 Å². The topological polar surface area (TPSA) is 64.4 Å². The lowest BCUT2D eigenvalue weighted by Gasteiger charge is -2.10. The van der Waals surface area contributed by atoms with Crippen molar-refractivity contribution < 1.29 is 22.7 Å². The molecule has 0 fully saturated rings. The van der Waals surface area contributed by atoms with Crippen LogP contribution in [-0.2, 0) is 11.3 Å². The second-order valence-corrected chi connectivity index (χ2v) is 3.87. The monoisotopic (exact) mass is 312 g/mol. The van der Waals surface area contributed by atoms with Gasteiger partial charge in [-0.15, -0.1) is 12.4 Å². The van der Waals surface area contributed by atoms with Gasteiger partial charge in [0, 0.05) is 19.5 Å². The van der Waals surface area contributed by atoms with Crippen LogP contribution in [0, 0.1) is 0 Å². The molecule has 0 aliphatic carbocycles. The first-order valence-corrected chi connectivity index (χ1v) is 5.66. The molecule has 0 atom stereocenters. The van der Waals surface area contributed by atoms with E-state index in [9.17, 15) is 18.0 Å². The molecule has 0 saturated carbocycles. The summed E-state index contributed by atoms with van der Waals surface area (Å²) in [7, 11) is 0. The van der Waals surface area contributed by atoms with Gasteiger partial charge in [0.2, 0.25) is 5.91 Å². The fraction of sp³-hybridized carbons (Fsp3) is 0.417. The highest BCUT2D eigenvalue weighted by Gasteiger charge is 2.28. The highest BCUT2D eigenvalue weighted by atomic mass is 35.5. The highest BCUT2D eigenvalue weighted by Crippen LogP contribution is 2.19. The molecule has 1 aromatic rings. The Balaban J connectivity index is 0.00000361. The summed E-state index contributed by atoms with van der Waals surface area (Å²) in [5, 5.41) is 2.60. The summed E-state index contributed by atoms with van der Waals surface area (Å²) in [6.45, 7) is -0.862. The molecule has 0 heterocycles. The molecule has 0 saturated heterocycles. The summed E-state index contributed by atoms with van der Waals surface area (Å²) in [6, 6.07) is 6.13. The molecule has 0 aromatic heterocycles. The molecule has 0 unspecified atom stereocenters. The van der Waals surface area contributed by atoms with Crippen molar-refractivity contribution in [1.82, 2.24) is 5.32 Å². The smallest absolute Gasteiger partial charge is 0.422 e. The van der Waals surface area contributed by atoms with Crippen LogP contribution >= 0.6 is 12.4 Å². The zero-order chi connectivity index (χ0) is 14.3. The summed E-state index contributed by atoms with van der Waals surface area (Å²) in [4.78, 5) is 11.2. The van der Waals surface area contributed by atoms with Gasteiger partial charge in [-0.3, -0.25) is 4.79 Å². The van der Waals surface area contributed by atoms with E-state index in [4.69, 9.17) is 5.73 Å². The zero-order valence-electron chi connectivity index (χ0n) is 10.6. The van der Waals surface area contributed by atoms with Crippen molar-refractivity contribution in [3.63, 3.8) is 0 Å². The van der Waals surface area contributed by atoms with Crippen LogP contribution < -0.4 is 15.8 Å². The van der Waals surface area contributed by atoms with Gasteiger partial charge >= 0.3 is 6.18 Å². The maximum absolute atomic E-state index is 12.0. The number of nitrogens with one attached hydrogen (secondary N) is 1. The van der Waals surface area contributed by atoms with Gasteiger partial charge in [0.05, 0.1) is 0 Å². The number of nitrogens with two attached hydrogens (primary N) is 1. The SMILES string of the molecule is Cl.NCCC(=O)NCc1cccc(OCC(F)(F)F)c1. The van der Waals surface area contributed by atoms with Gasteiger partial charge in [-0.2, -0.15) is 13.2 Å². The Morgan fingerprint density at radius 1 is 1.35 bits per heavy atom. The molecular formula is C12H16ClF3N2O2. The second kappa shape index (κ2) is 8.65. The van der Waals surface area contributed by atoms with Gasteiger partial charge < -0.3 is 15.8 Å². The Morgan fingerprint density at radius 3 is 2.65 bits per heavy atom. The van der Waals surface area contributed by atoms with Crippen molar-refractivity contribution in [2.45, 2.75) is 19.1 Å². The number of ether oxygens (including phenoxy) is 1. The van der Waals surface area contributed by atoms with Gasteiger partial charge in [0.1, 0.15) is 5.75 Å². The lowest BCUT2D eigenvalue weighted by molar-refractivity contribution is -0.153. The molecule has 4 nitrogen and oxygen atoms in total. The Labute approximate surface area is 120 Å². The molecule has 3 N–H and O–H groups in total. The molecule has 0 aliphatic rings. The van der Waals surface area contributed by atoms with Gasteiger partial charge in [0.25, 0.3) is 0 Å². The molecule has 0 aliphatic heterocycles. The van der Waals surface area contributed by atoms with Gasteiger partial charge in [-0.05, 0) is 17.7 Å². The quantitative estimate of drug-likeness (QED) is 0.844. The highest BCUT2D eigenvalue weighted by molar-refractivity contribution is 5.85. The molecule has 1 amide bonds. The van der Waals surface area contributed by atoms with Gasteiger partial charge in [0.15, 0.2) is 6.61 Å². The van der Waals surface area contributed by atoms with Crippen LogP contribution in [0.1, 0.15) is 12.0 Å². The van der Waals surface area contributed by atoms with E-state index in [0.717, 1.165) is 0 Å². The van der Waals surface area contributed by atoms with E-state index in [1.54, 1.807) is 12.1 Å². The number of benzene rings is 1. The number of alkyl halides is 3. The normalized spacial score (nSPS) is 10.6. The number of amides is 1. The number of rotatable bonds is 6. The Bertz CT molecular complexity index is 427. The molecule has 0 bridgehead atoms. The Kier molecular flexibility index (Phi) is 8.02. The van der Waals surface area contributed by atoms with Crippen LogP contribution in [0.15, 0.2) is 24.3 Å². The zero-order valence-corrected chi connectivity index (χ0v) is 11.4. The fourth-order valence-electron chi connectivity index (χ4n) is 1.33. The first kappa shape index (κ1) is 18.5. The third kappa shape index (κ3) is 7.85. The molecule has 1 rings (SSSR count). The number of carbonyl (C=O) groups is 1. The minimum atomic E-state index is -4.37. The van der Waals surface area contributed by atoms with E-state index in [2.05, 4.69) is 10.1 Å². The average Bonchev–Trinajstić information content (AvgIpc) is 2.34. The lowest BCUT2D eigenvalue weighted by Crippen LogP contribution is -2.25. The Morgan fingerprint density at radius 2 is 2.05 bits per heavy atom. The first-order valence-electron chi connectivity index (χ1n) is 5.66. The predicted molar refractivity (Wildman–Crippen MR) is 70.8 cm³/mol. The van der Waals surface area contributed by atoms with Crippen molar-refractivity contribution >= 4 is 18.3 Å². The summed E-state index contributed by atoms with van der Waals surface area (Å²) in [5.41, 5.74) is 5.87. The van der Waals surface area contributed by atoms with Crippen LogP contribution in [0.25, 0.3) is 0 Å². The van der Waals surface area contributed by atoms with E-state index in [-0.39, 0.29) is 43.6 Å². The first-order chi connectivity index (χ1) is 8.90. The maximum Gasteiger partial charge on any atom is 0.422 e. The average molecular weight is 313 g/mol. The predicted octanol–water partition coefficient (Wildman–Crippen LogP) is 2.01. The molecule has 20 heavy (non-hydrogen) atoms. The van der Waals surface area contributed by atoms with Crippen LogP contribution in [0.3, 0.4) is 0 Å². The summed E-state index contributed by atoms with van der Waals surface area (Å²) in [5.74, 6) is -0.0907. The van der Waals surface area contributed by atoms with E-state index in [1.165, 1.54) is 12.1 Å². The van der Waals surface area contributed by atoms with Crippen LogP contribution in [0.2, 0.25) is 0 Å². The van der Waals surface area contributed by atoms with Crippen LogP contribution in [0.4, 0.5) is 13.2 Å². The van der Waals surface area contributed by atoms with Gasteiger partial charge in [-0.1, -0.05) is 12.1 Å². The molecular weight excluding hydrogens is 297 g/mol. The molecule has 0 spiro atoms. The Hall–Kier alpha value is -1.47. The fourth-order valence-corrected chi connectivity index (χ4v) is 1.33. The van der Waals surface area contributed by atoms with Crippen LogP contribution in [-0.4, -0.2) is 25.2 Å². The third-order valence-corrected chi connectivity index (χ3v) is 2.16. The third-order valence-electron chi connectivity index (χ3n) is 2.16. The minimum absolute atomic E-state index is 0. The van der Waals surface area contributed by atoms with E-state index in [0.29, 0.717) is 5.56 Å². The number of hydrogen-bond donors (Lipinski definition) is 2. The standard InChI is InChI=1S/C12H15F3N2O2.ClH/c13-12(14,15)8-19-10-3-1-2-9(6-10)7-17-11(18)4-5-16;/h1-3,6H,4-5,7-8,16H2,(H,17,18);1H. The van der Waals surface area contributed by atoms with Crippen molar-refractivity contribution in [2.24, 2.45) is 5.73 Å². The van der Waals surface area contributed by atoms with E-state index in [1.807, 2.05) is 0 Å². The van der Waals surface area contributed by atoms with Crippen molar-refractivity contribution in [3.05, 3.63) is 29.8 Å². The van der Waals surface area contributed by atoms with Crippen molar-refractivity contribution in [3.8, 4) is 5.75 Å². The summed E-state index contributed by atoms with van der Waals surface area (Å²) < 4.78 is 40.6. The molecule has 8 heteroatoms. The largest absolute Gasteiger partial charge is 0.484 e. The maximum atomic E-state index is 12.0. The van der Waals surface area contributed by atoms with E-state index >= 15 is 0 Å². The second-order valence-electron chi connectivity index (χ2n) is 3.87. The summed E-state index contributed by atoms with van der Waals surface area (Å²) >= 11 is 0. The molecule has 1 aromatic carbocycles. The lowest BCUT2D eigenvalue weighted by atomic mass is 10.2. The van der Waals surface area contributed by atoms with Crippen molar-refractivity contribution in [2.75, 3.05) is 13.2 Å². The number of halogens is 4. The molecule has 0 radical (unpaired) electrons. The van der Waals surface area contributed by atoms with Crippen LogP contribution in [0.5, 0.6) is 5.75 Å². The summed E-state index contributed by atoms with van der Waals surface area (Å²) in [6.07, 6.45) is -4.16. The number of carbonyl (C=O) groups excluding carboxylic acids is 1. The van der Waals surface area contributed by atoms with E-state index < -0.39 is 12.8 Å². The van der Waals surface area contributed by atoms with Gasteiger partial charge in [-0.25, -0.2) is 0 Å².